The molecule has 134 valence electrons. The Kier molecular flexibility index (Phi) is 4.64. The number of nitrogens with one attached hydrogen (secondary N) is 1. The number of amides is 2. The molecule has 1 aliphatic rings. The topological polar surface area (TPSA) is 111 Å². The molecule has 0 spiro atoms. The van der Waals surface area contributed by atoms with Crippen molar-refractivity contribution in [3.8, 4) is 0 Å². The highest BCUT2D eigenvalue weighted by molar-refractivity contribution is 7.14. The molecule has 2 aromatic heterocycles. The normalized spacial score (nSPS) is 17.2. The minimum absolute atomic E-state index is 0.0546. The van der Waals surface area contributed by atoms with Gasteiger partial charge in [-0.3, -0.25) is 14.9 Å². The van der Waals surface area contributed by atoms with Crippen molar-refractivity contribution in [3.63, 3.8) is 0 Å². The van der Waals surface area contributed by atoms with Crippen LogP contribution >= 0.6 is 11.3 Å². The lowest BCUT2D eigenvalue weighted by Gasteiger charge is -2.33. The second-order valence-electron chi connectivity index (χ2n) is 7.48. The molecular formula is C17H22N4O3S. The highest BCUT2D eigenvalue weighted by Gasteiger charge is 2.34. The summed E-state index contributed by atoms with van der Waals surface area (Å²) < 4.78 is 5.38. The Hall–Kier alpha value is -2.22. The summed E-state index contributed by atoms with van der Waals surface area (Å²) in [4.78, 5) is 27.7. The third-order valence-electron chi connectivity index (χ3n) is 4.61. The Morgan fingerprint density at radius 2 is 2.20 bits per heavy atom. The molecule has 2 heterocycles. The van der Waals surface area contributed by atoms with Gasteiger partial charge < -0.3 is 10.3 Å². The van der Waals surface area contributed by atoms with Crippen LogP contribution in [0.1, 0.15) is 54.7 Å². The summed E-state index contributed by atoms with van der Waals surface area (Å²) in [5, 5.41) is 8.84. The fraction of sp³-hybridized carbons (Fsp3) is 0.529. The number of anilines is 1. The van der Waals surface area contributed by atoms with E-state index in [1.807, 2.05) is 0 Å². The van der Waals surface area contributed by atoms with Gasteiger partial charge in [0.15, 0.2) is 10.8 Å². The molecule has 0 radical (unpaired) electrons. The fourth-order valence-corrected chi connectivity index (χ4v) is 3.81. The summed E-state index contributed by atoms with van der Waals surface area (Å²) in [7, 11) is 0. The van der Waals surface area contributed by atoms with E-state index in [2.05, 4.69) is 36.2 Å². The number of carbonyl (C=O) groups excluding carboxylic acids is 2. The molecule has 2 amide bonds. The van der Waals surface area contributed by atoms with Crippen LogP contribution < -0.4 is 11.1 Å². The van der Waals surface area contributed by atoms with Crippen molar-refractivity contribution in [2.24, 2.45) is 17.1 Å². The predicted octanol–water partition coefficient (Wildman–Crippen LogP) is 2.56. The third-order valence-corrected chi connectivity index (χ3v) is 5.41. The minimum Gasteiger partial charge on any atom is -0.369 e. The van der Waals surface area contributed by atoms with Gasteiger partial charge >= 0.3 is 0 Å². The predicted molar refractivity (Wildman–Crippen MR) is 94.4 cm³/mol. The Morgan fingerprint density at radius 1 is 1.44 bits per heavy atom. The molecule has 8 heteroatoms. The zero-order valence-corrected chi connectivity index (χ0v) is 15.4. The van der Waals surface area contributed by atoms with E-state index in [0.29, 0.717) is 22.4 Å². The molecule has 2 aromatic rings. The van der Waals surface area contributed by atoms with Crippen LogP contribution in [0.4, 0.5) is 5.13 Å². The lowest BCUT2D eigenvalue weighted by atomic mass is 9.71. The summed E-state index contributed by atoms with van der Waals surface area (Å²) in [6.45, 7) is 6.64. The fourth-order valence-electron chi connectivity index (χ4n) is 3.10. The maximum Gasteiger partial charge on any atom is 0.279 e. The van der Waals surface area contributed by atoms with E-state index in [1.165, 1.54) is 11.3 Å². The monoisotopic (exact) mass is 362 g/mol. The van der Waals surface area contributed by atoms with Gasteiger partial charge in [-0.1, -0.05) is 25.9 Å². The van der Waals surface area contributed by atoms with Crippen LogP contribution in [0.25, 0.3) is 0 Å². The molecule has 0 aromatic carbocycles. The van der Waals surface area contributed by atoms with Crippen molar-refractivity contribution in [2.45, 2.75) is 46.5 Å². The van der Waals surface area contributed by atoms with Crippen molar-refractivity contribution in [2.75, 3.05) is 5.32 Å². The van der Waals surface area contributed by atoms with Crippen LogP contribution in [0.2, 0.25) is 0 Å². The Morgan fingerprint density at radius 3 is 2.88 bits per heavy atom. The van der Waals surface area contributed by atoms with E-state index in [-0.39, 0.29) is 17.7 Å². The number of aryl methyl sites for hydroxylation is 1. The number of nitrogens with zero attached hydrogens (tertiary/aromatic N) is 2. The highest BCUT2D eigenvalue weighted by atomic mass is 32.1. The molecule has 3 N–H and O–H groups in total. The lowest BCUT2D eigenvalue weighted by molar-refractivity contribution is -0.117. The molecule has 0 saturated heterocycles. The average molecular weight is 362 g/mol. The zero-order valence-electron chi connectivity index (χ0n) is 14.6. The Labute approximate surface area is 150 Å². The van der Waals surface area contributed by atoms with Crippen LogP contribution in [0, 0.1) is 11.3 Å². The maximum atomic E-state index is 12.6. The molecule has 1 aliphatic carbocycles. The first-order valence-corrected chi connectivity index (χ1v) is 9.13. The van der Waals surface area contributed by atoms with Crippen molar-refractivity contribution in [1.82, 2.24) is 10.1 Å². The van der Waals surface area contributed by atoms with E-state index < -0.39 is 5.91 Å². The van der Waals surface area contributed by atoms with E-state index in [1.54, 1.807) is 5.38 Å². The molecule has 0 unspecified atom stereocenters. The van der Waals surface area contributed by atoms with Crippen LogP contribution in [-0.2, 0) is 24.1 Å². The molecule has 0 fully saturated rings. The number of hydrogen-bond donors (Lipinski definition) is 2. The zero-order chi connectivity index (χ0) is 18.2. The molecule has 0 saturated carbocycles. The van der Waals surface area contributed by atoms with Gasteiger partial charge in [0.1, 0.15) is 5.76 Å². The second kappa shape index (κ2) is 6.59. The second-order valence-corrected chi connectivity index (χ2v) is 8.34. The summed E-state index contributed by atoms with van der Waals surface area (Å²) in [6, 6.07) is 0. The van der Waals surface area contributed by atoms with E-state index in [9.17, 15) is 9.59 Å². The minimum atomic E-state index is -0.457. The van der Waals surface area contributed by atoms with Gasteiger partial charge in [0.05, 0.1) is 12.1 Å². The summed E-state index contributed by atoms with van der Waals surface area (Å²) in [5.74, 6) is 0.494. The number of rotatable bonds is 4. The van der Waals surface area contributed by atoms with Gasteiger partial charge in [0.25, 0.3) is 5.91 Å². The van der Waals surface area contributed by atoms with Gasteiger partial charge in [0, 0.05) is 17.4 Å². The summed E-state index contributed by atoms with van der Waals surface area (Å²) >= 11 is 1.25. The van der Waals surface area contributed by atoms with E-state index >= 15 is 0 Å². The van der Waals surface area contributed by atoms with Crippen molar-refractivity contribution < 1.29 is 14.1 Å². The van der Waals surface area contributed by atoms with Gasteiger partial charge in [-0.05, 0) is 24.2 Å². The molecule has 3 rings (SSSR count). The quantitative estimate of drug-likeness (QED) is 0.868. The van der Waals surface area contributed by atoms with E-state index in [4.69, 9.17) is 10.3 Å². The first-order valence-electron chi connectivity index (χ1n) is 8.25. The number of aromatic nitrogens is 2. The van der Waals surface area contributed by atoms with Crippen molar-refractivity contribution in [3.05, 3.63) is 28.1 Å². The Bertz CT molecular complexity index is 803. The number of nitrogens with two attached hydrogens (primary N) is 1. The largest absolute Gasteiger partial charge is 0.369 e. The molecule has 25 heavy (non-hydrogen) atoms. The SMILES string of the molecule is CC(C)(C)[C@@H]1CCc2onc(C(=O)Nc3nc(CC(N)=O)cs3)c2C1. The molecular weight excluding hydrogens is 340 g/mol. The maximum absolute atomic E-state index is 12.6. The highest BCUT2D eigenvalue weighted by Crippen LogP contribution is 2.38. The van der Waals surface area contributed by atoms with Gasteiger partial charge in [-0.2, -0.15) is 0 Å². The number of hydrogen-bond acceptors (Lipinski definition) is 6. The van der Waals surface area contributed by atoms with Crippen LogP contribution in [0.5, 0.6) is 0 Å². The van der Waals surface area contributed by atoms with Gasteiger partial charge in [-0.25, -0.2) is 4.98 Å². The van der Waals surface area contributed by atoms with Crippen molar-refractivity contribution >= 4 is 28.3 Å². The van der Waals surface area contributed by atoms with Gasteiger partial charge in [-0.15, -0.1) is 11.3 Å². The number of thiazole rings is 1. The first kappa shape index (κ1) is 17.6. The van der Waals surface area contributed by atoms with E-state index in [0.717, 1.165) is 30.6 Å². The smallest absolute Gasteiger partial charge is 0.279 e. The average Bonchev–Trinajstić information content (AvgIpc) is 3.11. The van der Waals surface area contributed by atoms with Gasteiger partial charge in [0.2, 0.25) is 5.91 Å². The summed E-state index contributed by atoms with van der Waals surface area (Å²) in [6.07, 6.45) is 2.68. The van der Waals surface area contributed by atoms with Crippen LogP contribution in [0.3, 0.4) is 0 Å². The number of carbonyl (C=O) groups is 2. The van der Waals surface area contributed by atoms with Crippen molar-refractivity contribution in [1.29, 1.82) is 0 Å². The lowest BCUT2D eigenvalue weighted by Crippen LogP contribution is -2.27. The van der Waals surface area contributed by atoms with Crippen LogP contribution in [-0.4, -0.2) is 22.0 Å². The van der Waals surface area contributed by atoms with Crippen LogP contribution in [0.15, 0.2) is 9.90 Å². The molecule has 1 atom stereocenters. The number of primary amides is 1. The third kappa shape index (κ3) is 3.89. The molecule has 7 nitrogen and oxygen atoms in total. The molecule has 0 bridgehead atoms. The Balaban J connectivity index is 1.75. The first-order chi connectivity index (χ1) is 11.7. The summed E-state index contributed by atoms with van der Waals surface area (Å²) in [5.41, 5.74) is 7.09. The standard InChI is InChI=1S/C17H22N4O3S/c1-17(2,3)9-4-5-12-11(6-9)14(21-24-12)15(23)20-16-19-10(8-25-16)7-13(18)22/h8-9H,4-7H2,1-3H3,(H2,18,22)(H,19,20,23)/t9-/m1/s1. The molecule has 0 aliphatic heterocycles. The number of fused-ring (bicyclic) bond motifs is 1.